The smallest absolute Gasteiger partial charge is 0.229 e. The maximum atomic E-state index is 12.1. The first-order valence-electron chi connectivity index (χ1n) is 5.66. The number of hydrogen-bond donors (Lipinski definition) is 1. The van der Waals surface area contributed by atoms with Crippen LogP contribution in [-0.2, 0) is 19.9 Å². The number of rotatable bonds is 3. The van der Waals surface area contributed by atoms with Gasteiger partial charge in [-0.3, -0.25) is 0 Å². The second-order valence-electron chi connectivity index (χ2n) is 4.48. The maximum Gasteiger partial charge on any atom is 0.242 e. The number of hydrogen-bond acceptors (Lipinski definition) is 5. The number of halogens is 1. The van der Waals surface area contributed by atoms with E-state index in [2.05, 4.69) is 4.72 Å². The number of benzene rings is 1. The van der Waals surface area contributed by atoms with Gasteiger partial charge in [-0.05, 0) is 24.6 Å². The minimum absolute atomic E-state index is 0.0265. The van der Waals surface area contributed by atoms with Crippen LogP contribution in [0.2, 0.25) is 5.02 Å². The van der Waals surface area contributed by atoms with Crippen molar-refractivity contribution in [3.8, 4) is 6.07 Å². The zero-order chi connectivity index (χ0) is 15.0. The van der Waals surface area contributed by atoms with Crippen LogP contribution in [0.4, 0.5) is 0 Å². The first-order valence-corrected chi connectivity index (χ1v) is 9.34. The Morgan fingerprint density at radius 2 is 2.10 bits per heavy atom. The second-order valence-corrected chi connectivity index (χ2v) is 8.80. The Hall–Kier alpha value is -1.14. The molecule has 2 rings (SSSR count). The predicted octanol–water partition coefficient (Wildman–Crippen LogP) is 0.677. The summed E-state index contributed by atoms with van der Waals surface area (Å²) >= 11 is 5.85. The van der Waals surface area contributed by atoms with Gasteiger partial charge in [0.1, 0.15) is 4.90 Å². The van der Waals surface area contributed by atoms with Crippen molar-refractivity contribution in [2.24, 2.45) is 0 Å². The molecule has 1 atom stereocenters. The summed E-state index contributed by atoms with van der Waals surface area (Å²) < 4.78 is 49.3. The molecule has 6 nitrogen and oxygen atoms in total. The van der Waals surface area contributed by atoms with Crippen molar-refractivity contribution in [1.82, 2.24) is 4.72 Å². The summed E-state index contributed by atoms with van der Waals surface area (Å²) in [4.78, 5) is -0.164. The van der Waals surface area contributed by atoms with Crippen LogP contribution < -0.4 is 4.72 Å². The summed E-state index contributed by atoms with van der Waals surface area (Å²) in [5, 5.41) is 8.63. The summed E-state index contributed by atoms with van der Waals surface area (Å²) in [6.45, 7) is 0. The molecule has 1 aliphatic heterocycles. The zero-order valence-corrected chi connectivity index (χ0v) is 12.6. The summed E-state index contributed by atoms with van der Waals surface area (Å²) in [5.41, 5.74) is 0.248. The molecule has 9 heteroatoms. The molecular weight excluding hydrogens is 324 g/mol. The maximum absolute atomic E-state index is 12.1. The van der Waals surface area contributed by atoms with Gasteiger partial charge in [-0.15, -0.1) is 0 Å². The van der Waals surface area contributed by atoms with Crippen LogP contribution >= 0.6 is 11.6 Å². The Kier molecular flexibility index (Phi) is 4.07. The van der Waals surface area contributed by atoms with E-state index in [1.165, 1.54) is 18.2 Å². The molecule has 1 saturated heterocycles. The second kappa shape index (κ2) is 5.33. The van der Waals surface area contributed by atoms with Crippen LogP contribution in [0, 0.1) is 11.3 Å². The van der Waals surface area contributed by atoms with Gasteiger partial charge in [0.05, 0.1) is 28.2 Å². The quantitative estimate of drug-likeness (QED) is 0.875. The normalized spacial score (nSPS) is 21.5. The van der Waals surface area contributed by atoms with Gasteiger partial charge in [-0.25, -0.2) is 21.6 Å². The lowest BCUT2D eigenvalue weighted by Crippen LogP contribution is -2.35. The average Bonchev–Trinajstić information content (AvgIpc) is 2.67. The van der Waals surface area contributed by atoms with Crippen molar-refractivity contribution >= 4 is 31.5 Å². The van der Waals surface area contributed by atoms with E-state index in [1.54, 1.807) is 0 Å². The van der Waals surface area contributed by atoms with Crippen molar-refractivity contribution in [3.05, 3.63) is 28.8 Å². The van der Waals surface area contributed by atoms with E-state index in [4.69, 9.17) is 16.9 Å². The van der Waals surface area contributed by atoms with E-state index in [1.807, 2.05) is 6.07 Å². The van der Waals surface area contributed by atoms with Crippen LogP contribution in [-0.4, -0.2) is 34.4 Å². The van der Waals surface area contributed by atoms with E-state index >= 15 is 0 Å². The minimum Gasteiger partial charge on any atom is -0.229 e. The van der Waals surface area contributed by atoms with Crippen LogP contribution in [0.25, 0.3) is 0 Å². The molecule has 0 aromatic heterocycles. The Morgan fingerprint density at radius 1 is 1.40 bits per heavy atom. The standard InChI is InChI=1S/C11H11ClN2O4S2/c12-10-5-8(6-13)1-2-11(10)20(17,18)14-9-3-4-19(15,16)7-9/h1-2,5,9,14H,3-4,7H2. The van der Waals surface area contributed by atoms with Crippen molar-refractivity contribution in [1.29, 1.82) is 5.26 Å². The van der Waals surface area contributed by atoms with E-state index < -0.39 is 25.9 Å². The van der Waals surface area contributed by atoms with Crippen molar-refractivity contribution in [2.45, 2.75) is 17.4 Å². The topological polar surface area (TPSA) is 104 Å². The predicted molar refractivity (Wildman–Crippen MR) is 73.5 cm³/mol. The van der Waals surface area contributed by atoms with Crippen LogP contribution in [0.3, 0.4) is 0 Å². The Morgan fingerprint density at radius 3 is 2.60 bits per heavy atom. The number of sulfone groups is 1. The summed E-state index contributed by atoms with van der Waals surface area (Å²) in [6, 6.07) is 5.03. The molecule has 108 valence electrons. The molecule has 0 amide bonds. The number of nitrogens with zero attached hydrogens (tertiary/aromatic N) is 1. The molecule has 1 fully saturated rings. The molecule has 1 unspecified atom stereocenters. The zero-order valence-electron chi connectivity index (χ0n) is 10.2. The van der Waals surface area contributed by atoms with Gasteiger partial charge in [-0.1, -0.05) is 11.6 Å². The third-order valence-corrected chi connectivity index (χ3v) is 6.68. The van der Waals surface area contributed by atoms with Crippen molar-refractivity contribution < 1.29 is 16.8 Å². The molecule has 1 aromatic rings. The van der Waals surface area contributed by atoms with Crippen LogP contribution in [0.15, 0.2) is 23.1 Å². The third kappa shape index (κ3) is 3.30. The van der Waals surface area contributed by atoms with Gasteiger partial charge in [0.25, 0.3) is 0 Å². The van der Waals surface area contributed by atoms with E-state index in [-0.39, 0.29) is 33.4 Å². The number of nitriles is 1. The highest BCUT2D eigenvalue weighted by molar-refractivity contribution is 7.92. The molecule has 0 radical (unpaired) electrons. The van der Waals surface area contributed by atoms with E-state index in [0.717, 1.165) is 0 Å². The lowest BCUT2D eigenvalue weighted by Gasteiger charge is -2.12. The Labute approximate surface area is 122 Å². The van der Waals surface area contributed by atoms with Crippen LogP contribution in [0.1, 0.15) is 12.0 Å². The molecule has 0 aliphatic carbocycles. The first-order chi connectivity index (χ1) is 9.23. The number of sulfonamides is 1. The first kappa shape index (κ1) is 15.3. The molecule has 1 aromatic carbocycles. The SMILES string of the molecule is N#Cc1ccc(S(=O)(=O)NC2CCS(=O)(=O)C2)c(Cl)c1. The summed E-state index contributed by atoms with van der Waals surface area (Å²) in [5.74, 6) is -0.235. The van der Waals surface area contributed by atoms with Crippen molar-refractivity contribution in [3.63, 3.8) is 0 Å². The van der Waals surface area contributed by atoms with Crippen LogP contribution in [0.5, 0.6) is 0 Å². The molecule has 0 spiro atoms. The fraction of sp³-hybridized carbons (Fsp3) is 0.364. The van der Waals surface area contributed by atoms with Crippen molar-refractivity contribution in [2.75, 3.05) is 11.5 Å². The van der Waals surface area contributed by atoms with Gasteiger partial charge < -0.3 is 0 Å². The molecule has 0 saturated carbocycles. The fourth-order valence-corrected chi connectivity index (χ4v) is 5.55. The molecule has 1 aliphatic rings. The minimum atomic E-state index is -3.91. The van der Waals surface area contributed by atoms with Gasteiger partial charge in [0.15, 0.2) is 9.84 Å². The van der Waals surface area contributed by atoms with Gasteiger partial charge in [0, 0.05) is 6.04 Å². The summed E-state index contributed by atoms with van der Waals surface area (Å²) in [6.07, 6.45) is 0.245. The highest BCUT2D eigenvalue weighted by Crippen LogP contribution is 2.23. The molecule has 20 heavy (non-hydrogen) atoms. The largest absolute Gasteiger partial charge is 0.242 e. The lowest BCUT2D eigenvalue weighted by molar-refractivity contribution is 0.562. The highest BCUT2D eigenvalue weighted by Gasteiger charge is 2.32. The average molecular weight is 335 g/mol. The molecule has 1 heterocycles. The van der Waals surface area contributed by atoms with Gasteiger partial charge in [-0.2, -0.15) is 5.26 Å². The molecular formula is C11H11ClN2O4S2. The fourth-order valence-electron chi connectivity index (χ4n) is 1.96. The molecule has 1 N–H and O–H groups in total. The van der Waals surface area contributed by atoms with Gasteiger partial charge >= 0.3 is 0 Å². The Bertz CT molecular complexity index is 781. The Balaban J connectivity index is 2.26. The summed E-state index contributed by atoms with van der Waals surface area (Å²) in [7, 11) is -7.08. The molecule has 0 bridgehead atoms. The lowest BCUT2D eigenvalue weighted by atomic mass is 10.2. The number of nitrogens with one attached hydrogen (secondary N) is 1. The third-order valence-electron chi connectivity index (χ3n) is 2.90. The van der Waals surface area contributed by atoms with E-state index in [0.29, 0.717) is 0 Å². The highest BCUT2D eigenvalue weighted by atomic mass is 35.5. The monoisotopic (exact) mass is 334 g/mol. The van der Waals surface area contributed by atoms with Gasteiger partial charge in [0.2, 0.25) is 10.0 Å². The van der Waals surface area contributed by atoms with E-state index in [9.17, 15) is 16.8 Å².